The van der Waals surface area contributed by atoms with E-state index in [1.54, 1.807) is 0 Å². The molecule has 0 aromatic carbocycles. The van der Waals surface area contributed by atoms with Crippen LogP contribution in [0.3, 0.4) is 0 Å². The molecule has 2 heteroatoms. The van der Waals surface area contributed by atoms with E-state index in [1.165, 1.54) is 38.0 Å². The SMILES string of the molecule is CSCC(C)CNC1CCCCC1(C)C. The Bertz CT molecular complexity index is 179. The Labute approximate surface area is 99.8 Å². The van der Waals surface area contributed by atoms with Crippen LogP contribution in [0.25, 0.3) is 0 Å². The molecule has 0 spiro atoms. The van der Waals surface area contributed by atoms with Crippen LogP contribution in [0.4, 0.5) is 0 Å². The Kier molecular flexibility index (Phi) is 5.48. The van der Waals surface area contributed by atoms with Gasteiger partial charge in [0.15, 0.2) is 0 Å². The van der Waals surface area contributed by atoms with E-state index in [-0.39, 0.29) is 0 Å². The second-order valence-electron chi connectivity index (χ2n) is 5.76. The lowest BCUT2D eigenvalue weighted by Crippen LogP contribution is -2.45. The van der Waals surface area contributed by atoms with E-state index in [0.717, 1.165) is 12.0 Å². The summed E-state index contributed by atoms with van der Waals surface area (Å²) in [6.07, 6.45) is 7.80. The zero-order valence-corrected chi connectivity index (χ0v) is 11.6. The van der Waals surface area contributed by atoms with Crippen LogP contribution in [0, 0.1) is 11.3 Å². The first-order chi connectivity index (χ1) is 7.06. The quantitative estimate of drug-likeness (QED) is 0.774. The van der Waals surface area contributed by atoms with Gasteiger partial charge in [0.1, 0.15) is 0 Å². The largest absolute Gasteiger partial charge is 0.313 e. The highest BCUT2D eigenvalue weighted by atomic mass is 32.2. The van der Waals surface area contributed by atoms with Gasteiger partial charge in [0.2, 0.25) is 0 Å². The minimum Gasteiger partial charge on any atom is -0.313 e. The summed E-state index contributed by atoms with van der Waals surface area (Å²) in [4.78, 5) is 0. The van der Waals surface area contributed by atoms with Gasteiger partial charge in [-0.15, -0.1) is 0 Å². The van der Waals surface area contributed by atoms with Crippen molar-refractivity contribution in [3.8, 4) is 0 Å². The van der Waals surface area contributed by atoms with Gasteiger partial charge in [0.25, 0.3) is 0 Å². The van der Waals surface area contributed by atoms with Crippen molar-refractivity contribution in [1.82, 2.24) is 5.32 Å². The monoisotopic (exact) mass is 229 g/mol. The zero-order chi connectivity index (χ0) is 11.3. The van der Waals surface area contributed by atoms with Crippen molar-refractivity contribution in [2.24, 2.45) is 11.3 Å². The van der Waals surface area contributed by atoms with E-state index in [2.05, 4.69) is 32.3 Å². The van der Waals surface area contributed by atoms with Crippen molar-refractivity contribution >= 4 is 11.8 Å². The van der Waals surface area contributed by atoms with Crippen LogP contribution in [-0.4, -0.2) is 24.6 Å². The normalized spacial score (nSPS) is 27.6. The summed E-state index contributed by atoms with van der Waals surface area (Å²) in [5, 5.41) is 3.78. The van der Waals surface area contributed by atoms with E-state index in [4.69, 9.17) is 0 Å². The van der Waals surface area contributed by atoms with Crippen molar-refractivity contribution < 1.29 is 0 Å². The van der Waals surface area contributed by atoms with Gasteiger partial charge in [-0.1, -0.05) is 33.6 Å². The number of nitrogens with one attached hydrogen (secondary N) is 1. The van der Waals surface area contributed by atoms with Gasteiger partial charge in [0, 0.05) is 6.04 Å². The van der Waals surface area contributed by atoms with E-state index < -0.39 is 0 Å². The maximum Gasteiger partial charge on any atom is 0.0118 e. The second-order valence-corrected chi connectivity index (χ2v) is 6.67. The van der Waals surface area contributed by atoms with Crippen LogP contribution >= 0.6 is 11.8 Å². The molecule has 0 aromatic heterocycles. The molecule has 0 aromatic rings. The highest BCUT2D eigenvalue weighted by Crippen LogP contribution is 2.35. The van der Waals surface area contributed by atoms with Crippen LogP contribution in [0.1, 0.15) is 46.5 Å². The summed E-state index contributed by atoms with van der Waals surface area (Å²) in [6, 6.07) is 0.746. The molecule has 1 N–H and O–H groups in total. The molecule has 2 unspecified atom stereocenters. The van der Waals surface area contributed by atoms with Gasteiger partial charge in [-0.05, 0) is 42.7 Å². The molecule has 0 aliphatic heterocycles. The lowest BCUT2D eigenvalue weighted by atomic mass is 9.73. The smallest absolute Gasteiger partial charge is 0.0118 e. The Hall–Kier alpha value is 0.310. The molecule has 0 heterocycles. The highest BCUT2D eigenvalue weighted by Gasteiger charge is 2.31. The standard InChI is InChI=1S/C13H27NS/c1-11(10-15-4)9-14-12-7-5-6-8-13(12,2)3/h11-12,14H,5-10H2,1-4H3. The average Bonchev–Trinajstić information content (AvgIpc) is 2.16. The highest BCUT2D eigenvalue weighted by molar-refractivity contribution is 7.98. The topological polar surface area (TPSA) is 12.0 Å². The summed E-state index contributed by atoms with van der Waals surface area (Å²) in [5.41, 5.74) is 0.511. The first-order valence-corrected chi connectivity index (χ1v) is 7.68. The first-order valence-electron chi connectivity index (χ1n) is 6.28. The van der Waals surface area contributed by atoms with Gasteiger partial charge >= 0.3 is 0 Å². The molecule has 15 heavy (non-hydrogen) atoms. The molecular formula is C13H27NS. The molecule has 0 saturated heterocycles. The fraction of sp³-hybridized carbons (Fsp3) is 1.00. The Balaban J connectivity index is 2.30. The van der Waals surface area contributed by atoms with Crippen molar-refractivity contribution in [2.75, 3.05) is 18.6 Å². The lowest BCUT2D eigenvalue weighted by Gasteiger charge is -2.39. The van der Waals surface area contributed by atoms with Gasteiger partial charge in [-0.2, -0.15) is 11.8 Å². The second kappa shape index (κ2) is 6.15. The molecule has 1 nitrogen and oxygen atoms in total. The van der Waals surface area contributed by atoms with Crippen molar-refractivity contribution in [3.05, 3.63) is 0 Å². The maximum absolute atomic E-state index is 3.78. The summed E-state index contributed by atoms with van der Waals surface area (Å²) >= 11 is 1.96. The summed E-state index contributed by atoms with van der Waals surface area (Å²) in [6.45, 7) is 8.38. The fourth-order valence-corrected chi connectivity index (χ4v) is 3.25. The van der Waals surface area contributed by atoms with Gasteiger partial charge in [0.05, 0.1) is 0 Å². The molecule has 0 bridgehead atoms. The molecule has 1 rings (SSSR count). The average molecular weight is 229 g/mol. The molecule has 1 aliphatic rings. The molecule has 1 saturated carbocycles. The lowest BCUT2D eigenvalue weighted by molar-refractivity contribution is 0.165. The third-order valence-corrected chi connectivity index (χ3v) is 4.57. The van der Waals surface area contributed by atoms with Crippen molar-refractivity contribution in [3.63, 3.8) is 0 Å². The summed E-state index contributed by atoms with van der Waals surface area (Å²) in [7, 11) is 0. The third-order valence-electron chi connectivity index (χ3n) is 3.67. The predicted molar refractivity (Wildman–Crippen MR) is 71.6 cm³/mol. The van der Waals surface area contributed by atoms with Crippen LogP contribution < -0.4 is 5.32 Å². The number of hydrogen-bond acceptors (Lipinski definition) is 2. The Morgan fingerprint density at radius 1 is 1.40 bits per heavy atom. The van der Waals surface area contributed by atoms with E-state index in [9.17, 15) is 0 Å². The molecule has 0 amide bonds. The van der Waals surface area contributed by atoms with Crippen LogP contribution in [-0.2, 0) is 0 Å². The van der Waals surface area contributed by atoms with Gasteiger partial charge in [-0.25, -0.2) is 0 Å². The van der Waals surface area contributed by atoms with E-state index >= 15 is 0 Å². The third kappa shape index (κ3) is 4.36. The van der Waals surface area contributed by atoms with Crippen molar-refractivity contribution in [1.29, 1.82) is 0 Å². The minimum absolute atomic E-state index is 0.511. The molecule has 1 aliphatic carbocycles. The molecular weight excluding hydrogens is 202 g/mol. The first kappa shape index (κ1) is 13.4. The van der Waals surface area contributed by atoms with E-state index in [1.807, 2.05) is 11.8 Å². The number of rotatable bonds is 5. The summed E-state index contributed by atoms with van der Waals surface area (Å²) in [5.74, 6) is 2.08. The minimum atomic E-state index is 0.511. The van der Waals surface area contributed by atoms with Crippen LogP contribution in [0.2, 0.25) is 0 Å². The summed E-state index contributed by atoms with van der Waals surface area (Å²) < 4.78 is 0. The molecule has 0 radical (unpaired) electrons. The van der Waals surface area contributed by atoms with Gasteiger partial charge in [-0.3, -0.25) is 0 Å². The molecule has 1 fully saturated rings. The molecule has 2 atom stereocenters. The number of hydrogen-bond donors (Lipinski definition) is 1. The number of thioether (sulfide) groups is 1. The van der Waals surface area contributed by atoms with Crippen molar-refractivity contribution in [2.45, 2.75) is 52.5 Å². The zero-order valence-electron chi connectivity index (χ0n) is 10.8. The predicted octanol–water partition coefficient (Wildman–Crippen LogP) is 3.54. The van der Waals surface area contributed by atoms with E-state index in [0.29, 0.717) is 5.41 Å². The fourth-order valence-electron chi connectivity index (χ4n) is 2.56. The van der Waals surface area contributed by atoms with Gasteiger partial charge < -0.3 is 5.32 Å². The maximum atomic E-state index is 3.78. The Morgan fingerprint density at radius 2 is 2.13 bits per heavy atom. The Morgan fingerprint density at radius 3 is 2.73 bits per heavy atom. The van der Waals surface area contributed by atoms with Crippen LogP contribution in [0.5, 0.6) is 0 Å². The van der Waals surface area contributed by atoms with Crippen LogP contribution in [0.15, 0.2) is 0 Å². The molecule has 90 valence electrons.